The van der Waals surface area contributed by atoms with Crippen LogP contribution >= 0.6 is 27.3 Å². The number of sulfonamides is 1. The summed E-state index contributed by atoms with van der Waals surface area (Å²) in [6.45, 7) is 1.72. The second-order valence-electron chi connectivity index (χ2n) is 3.89. The number of benzene rings is 1. The third-order valence-corrected chi connectivity index (χ3v) is 6.25. The molecule has 0 aliphatic carbocycles. The van der Waals surface area contributed by atoms with E-state index in [-0.39, 0.29) is 10.6 Å². The number of hydrogen-bond acceptors (Lipinski definition) is 3. The van der Waals surface area contributed by atoms with Crippen molar-refractivity contribution in [3.63, 3.8) is 0 Å². The van der Waals surface area contributed by atoms with Gasteiger partial charge < -0.3 is 0 Å². The van der Waals surface area contributed by atoms with E-state index in [1.165, 1.54) is 42.6 Å². The fourth-order valence-electron chi connectivity index (χ4n) is 1.67. The number of nitrogens with zero attached hydrogens (tertiary/aromatic N) is 1. The highest BCUT2D eigenvalue weighted by Gasteiger charge is 2.26. The Kier molecular flexibility index (Phi) is 3.98. The summed E-state index contributed by atoms with van der Waals surface area (Å²) in [5.74, 6) is -0.569. The lowest BCUT2D eigenvalue weighted by atomic mass is 10.3. The predicted molar refractivity (Wildman–Crippen MR) is 78.7 cm³/mol. The molecule has 0 saturated carbocycles. The van der Waals surface area contributed by atoms with Gasteiger partial charge in [0, 0.05) is 11.9 Å². The number of para-hydroxylation sites is 1. The van der Waals surface area contributed by atoms with Crippen LogP contribution in [-0.4, -0.2) is 15.5 Å². The van der Waals surface area contributed by atoms with Crippen LogP contribution < -0.4 is 4.31 Å². The molecular formula is C12H11BrFNO2S2. The zero-order chi connectivity index (χ0) is 14.2. The Hall–Kier alpha value is -0.920. The molecule has 102 valence electrons. The van der Waals surface area contributed by atoms with Gasteiger partial charge in [0.15, 0.2) is 0 Å². The van der Waals surface area contributed by atoms with Crippen LogP contribution in [0.4, 0.5) is 10.1 Å². The Labute approximate surface area is 123 Å². The standard InChI is InChI=1S/C12H11BrFNO2S2/c1-8-11(7-12(13)18-8)19(16,17)15(2)10-6-4-3-5-9(10)14/h3-7H,1-2H3. The SMILES string of the molecule is Cc1sc(Br)cc1S(=O)(=O)N(C)c1ccccc1F. The molecule has 0 aliphatic heterocycles. The maximum Gasteiger partial charge on any atom is 0.265 e. The van der Waals surface area contributed by atoms with E-state index in [9.17, 15) is 12.8 Å². The summed E-state index contributed by atoms with van der Waals surface area (Å²) in [7, 11) is -2.40. The van der Waals surface area contributed by atoms with E-state index in [1.807, 2.05) is 0 Å². The van der Waals surface area contributed by atoms with E-state index in [2.05, 4.69) is 15.9 Å². The summed E-state index contributed by atoms with van der Waals surface area (Å²) < 4.78 is 40.3. The molecule has 1 heterocycles. The first-order valence-electron chi connectivity index (χ1n) is 5.33. The average Bonchev–Trinajstić information content (AvgIpc) is 2.69. The maximum absolute atomic E-state index is 13.7. The number of halogens is 2. The summed E-state index contributed by atoms with van der Waals surface area (Å²) in [6.07, 6.45) is 0. The lowest BCUT2D eigenvalue weighted by Crippen LogP contribution is -2.27. The number of thiophene rings is 1. The molecule has 1 aromatic carbocycles. The largest absolute Gasteiger partial charge is 0.266 e. The normalized spacial score (nSPS) is 11.6. The molecule has 19 heavy (non-hydrogen) atoms. The molecule has 0 radical (unpaired) electrons. The van der Waals surface area contributed by atoms with Crippen LogP contribution in [-0.2, 0) is 10.0 Å². The number of aryl methyl sites for hydroxylation is 1. The van der Waals surface area contributed by atoms with Crippen LogP contribution in [0.2, 0.25) is 0 Å². The van der Waals surface area contributed by atoms with Gasteiger partial charge >= 0.3 is 0 Å². The molecule has 7 heteroatoms. The van der Waals surface area contributed by atoms with E-state index < -0.39 is 15.8 Å². The Balaban J connectivity index is 2.52. The fraction of sp³-hybridized carbons (Fsp3) is 0.167. The molecule has 1 aromatic heterocycles. The zero-order valence-electron chi connectivity index (χ0n) is 10.2. The van der Waals surface area contributed by atoms with Gasteiger partial charge in [-0.25, -0.2) is 12.8 Å². The first kappa shape index (κ1) is 14.5. The molecule has 0 atom stereocenters. The molecule has 2 aromatic rings. The summed E-state index contributed by atoms with van der Waals surface area (Å²) >= 11 is 4.59. The van der Waals surface area contributed by atoms with Crippen LogP contribution in [0.25, 0.3) is 0 Å². The molecule has 0 saturated heterocycles. The van der Waals surface area contributed by atoms with Crippen molar-refractivity contribution in [2.75, 3.05) is 11.4 Å². The molecule has 0 unspecified atom stereocenters. The van der Waals surface area contributed by atoms with E-state index in [0.717, 1.165) is 8.09 Å². The first-order valence-corrected chi connectivity index (χ1v) is 8.38. The van der Waals surface area contributed by atoms with E-state index >= 15 is 0 Å². The Bertz CT molecular complexity index is 712. The van der Waals surface area contributed by atoms with Gasteiger partial charge in [0.1, 0.15) is 10.7 Å². The summed E-state index contributed by atoms with van der Waals surface area (Å²) in [5, 5.41) is 0. The minimum Gasteiger partial charge on any atom is -0.266 e. The van der Waals surface area contributed by atoms with Crippen molar-refractivity contribution in [1.82, 2.24) is 0 Å². The molecule has 0 spiro atoms. The summed E-state index contributed by atoms with van der Waals surface area (Å²) in [5.41, 5.74) is 0.0317. The van der Waals surface area contributed by atoms with Gasteiger partial charge in [-0.05, 0) is 41.1 Å². The van der Waals surface area contributed by atoms with Crippen molar-refractivity contribution in [2.45, 2.75) is 11.8 Å². The van der Waals surface area contributed by atoms with Crippen molar-refractivity contribution in [1.29, 1.82) is 0 Å². The molecule has 3 nitrogen and oxygen atoms in total. The number of hydrogen-bond donors (Lipinski definition) is 0. The summed E-state index contributed by atoms with van der Waals surface area (Å²) in [6, 6.07) is 7.32. The third kappa shape index (κ3) is 2.68. The third-order valence-electron chi connectivity index (χ3n) is 2.67. The van der Waals surface area contributed by atoms with E-state index in [4.69, 9.17) is 0 Å². The van der Waals surface area contributed by atoms with Crippen molar-refractivity contribution < 1.29 is 12.8 Å². The smallest absolute Gasteiger partial charge is 0.265 e. The van der Waals surface area contributed by atoms with Crippen molar-refractivity contribution in [2.24, 2.45) is 0 Å². The topological polar surface area (TPSA) is 37.4 Å². The van der Waals surface area contributed by atoms with E-state index in [1.54, 1.807) is 13.0 Å². The highest BCUT2D eigenvalue weighted by Crippen LogP contribution is 2.33. The minimum absolute atomic E-state index is 0.0317. The van der Waals surface area contributed by atoms with Crippen LogP contribution in [0.1, 0.15) is 4.88 Å². The lowest BCUT2D eigenvalue weighted by molar-refractivity contribution is 0.589. The molecule has 0 fully saturated rings. The molecule has 0 bridgehead atoms. The quantitative estimate of drug-likeness (QED) is 0.831. The maximum atomic E-state index is 13.7. The predicted octanol–water partition coefficient (Wildman–Crippen LogP) is 3.78. The van der Waals surface area contributed by atoms with Crippen LogP contribution in [0.5, 0.6) is 0 Å². The fourth-order valence-corrected chi connectivity index (χ4v) is 5.26. The Morgan fingerprint density at radius 3 is 2.47 bits per heavy atom. The van der Waals surface area contributed by atoms with Crippen molar-refractivity contribution in [3.05, 3.63) is 44.8 Å². The van der Waals surface area contributed by atoms with Gasteiger partial charge in [0.25, 0.3) is 10.0 Å². The lowest BCUT2D eigenvalue weighted by Gasteiger charge is -2.19. The monoisotopic (exact) mass is 363 g/mol. The van der Waals surface area contributed by atoms with Crippen molar-refractivity contribution in [3.8, 4) is 0 Å². The Morgan fingerprint density at radius 2 is 1.95 bits per heavy atom. The molecule has 0 N–H and O–H groups in total. The van der Waals surface area contributed by atoms with Gasteiger partial charge in [-0.2, -0.15) is 0 Å². The van der Waals surface area contributed by atoms with Crippen LogP contribution in [0.3, 0.4) is 0 Å². The Morgan fingerprint density at radius 1 is 1.32 bits per heavy atom. The highest BCUT2D eigenvalue weighted by molar-refractivity contribution is 9.11. The molecule has 0 aliphatic rings. The highest BCUT2D eigenvalue weighted by atomic mass is 79.9. The number of anilines is 1. The first-order chi connectivity index (χ1) is 8.84. The van der Waals surface area contributed by atoms with Crippen LogP contribution in [0, 0.1) is 12.7 Å². The summed E-state index contributed by atoms with van der Waals surface area (Å²) in [4.78, 5) is 0.852. The van der Waals surface area contributed by atoms with Gasteiger partial charge in [-0.3, -0.25) is 4.31 Å². The van der Waals surface area contributed by atoms with E-state index in [0.29, 0.717) is 4.88 Å². The molecule has 0 amide bonds. The molecule has 2 rings (SSSR count). The zero-order valence-corrected chi connectivity index (χ0v) is 13.4. The number of rotatable bonds is 3. The second kappa shape index (κ2) is 5.22. The molecular weight excluding hydrogens is 353 g/mol. The van der Waals surface area contributed by atoms with Gasteiger partial charge in [-0.15, -0.1) is 11.3 Å². The van der Waals surface area contributed by atoms with Crippen LogP contribution in [0.15, 0.2) is 39.0 Å². The van der Waals surface area contributed by atoms with Crippen molar-refractivity contribution >= 4 is 43.0 Å². The second-order valence-corrected chi connectivity index (χ2v) is 8.47. The minimum atomic E-state index is -3.75. The van der Waals surface area contributed by atoms with Gasteiger partial charge in [0.05, 0.1) is 9.47 Å². The van der Waals surface area contributed by atoms with Gasteiger partial charge in [-0.1, -0.05) is 12.1 Å². The van der Waals surface area contributed by atoms with Gasteiger partial charge in [0.2, 0.25) is 0 Å². The average molecular weight is 364 g/mol.